The number of rotatable bonds is 4. The van der Waals surface area contributed by atoms with Crippen LogP contribution in [0, 0.1) is 12.8 Å². The SMILES string of the molecule is CCNC(c1coc(C)c1)C1CCOC2(CCCC2)C1. The van der Waals surface area contributed by atoms with Crippen LogP contribution in [-0.4, -0.2) is 18.8 Å². The molecule has 112 valence electrons. The minimum absolute atomic E-state index is 0.190. The Morgan fingerprint density at radius 3 is 2.85 bits per heavy atom. The summed E-state index contributed by atoms with van der Waals surface area (Å²) in [5, 5.41) is 3.67. The molecule has 0 amide bonds. The third kappa shape index (κ3) is 2.79. The zero-order valence-corrected chi connectivity index (χ0v) is 12.8. The Bertz CT molecular complexity index is 434. The van der Waals surface area contributed by atoms with Gasteiger partial charge in [0.05, 0.1) is 11.9 Å². The average molecular weight is 277 g/mol. The summed E-state index contributed by atoms with van der Waals surface area (Å²) in [5.74, 6) is 1.67. The standard InChI is InChI=1S/C17H27NO2/c1-3-18-16(15-10-13(2)19-12-15)14-6-9-20-17(11-14)7-4-5-8-17/h10,12,14,16,18H,3-9,11H2,1-2H3. The lowest BCUT2D eigenvalue weighted by Crippen LogP contribution is -2.41. The molecule has 0 radical (unpaired) electrons. The van der Waals surface area contributed by atoms with Crippen LogP contribution in [0.5, 0.6) is 0 Å². The van der Waals surface area contributed by atoms with E-state index in [1.54, 1.807) is 0 Å². The van der Waals surface area contributed by atoms with Crippen molar-refractivity contribution in [1.29, 1.82) is 0 Å². The molecule has 2 aliphatic rings. The number of hydrogen-bond donors (Lipinski definition) is 1. The van der Waals surface area contributed by atoms with E-state index in [4.69, 9.17) is 9.15 Å². The van der Waals surface area contributed by atoms with Crippen molar-refractivity contribution in [2.24, 2.45) is 5.92 Å². The molecule has 1 aliphatic heterocycles. The Morgan fingerprint density at radius 1 is 1.40 bits per heavy atom. The topological polar surface area (TPSA) is 34.4 Å². The van der Waals surface area contributed by atoms with Gasteiger partial charge < -0.3 is 14.5 Å². The Morgan fingerprint density at radius 2 is 2.20 bits per heavy atom. The van der Waals surface area contributed by atoms with E-state index < -0.39 is 0 Å². The Kier molecular flexibility index (Phi) is 4.18. The van der Waals surface area contributed by atoms with Gasteiger partial charge in [-0.3, -0.25) is 0 Å². The zero-order chi connectivity index (χ0) is 14.0. The van der Waals surface area contributed by atoms with E-state index in [1.165, 1.54) is 37.7 Å². The van der Waals surface area contributed by atoms with E-state index in [9.17, 15) is 0 Å². The first-order chi connectivity index (χ1) is 9.72. The molecule has 1 aromatic heterocycles. The van der Waals surface area contributed by atoms with Crippen molar-refractivity contribution < 1.29 is 9.15 Å². The highest BCUT2D eigenvalue weighted by Gasteiger charge is 2.42. The fraction of sp³-hybridized carbons (Fsp3) is 0.765. The normalized spacial score (nSPS) is 27.0. The first kappa shape index (κ1) is 14.2. The number of hydrogen-bond acceptors (Lipinski definition) is 3. The monoisotopic (exact) mass is 277 g/mol. The molecule has 2 heterocycles. The highest BCUT2D eigenvalue weighted by Crippen LogP contribution is 2.45. The highest BCUT2D eigenvalue weighted by atomic mass is 16.5. The maximum Gasteiger partial charge on any atom is 0.101 e. The highest BCUT2D eigenvalue weighted by molar-refractivity contribution is 5.18. The van der Waals surface area contributed by atoms with Crippen molar-refractivity contribution in [2.75, 3.05) is 13.2 Å². The molecule has 3 rings (SSSR count). The van der Waals surface area contributed by atoms with E-state index >= 15 is 0 Å². The van der Waals surface area contributed by atoms with Gasteiger partial charge in [-0.15, -0.1) is 0 Å². The van der Waals surface area contributed by atoms with Crippen molar-refractivity contribution >= 4 is 0 Å². The molecule has 3 nitrogen and oxygen atoms in total. The third-order valence-corrected chi connectivity index (χ3v) is 5.05. The first-order valence-electron chi connectivity index (χ1n) is 8.15. The molecule has 0 aromatic carbocycles. The summed E-state index contributed by atoms with van der Waals surface area (Å²) in [6.07, 6.45) is 9.48. The van der Waals surface area contributed by atoms with Gasteiger partial charge in [0.1, 0.15) is 5.76 Å². The molecule has 2 fully saturated rings. The Labute approximate surface area is 122 Å². The van der Waals surface area contributed by atoms with Gasteiger partial charge in [0.15, 0.2) is 0 Å². The molecule has 2 unspecified atom stereocenters. The smallest absolute Gasteiger partial charge is 0.101 e. The summed E-state index contributed by atoms with van der Waals surface area (Å²) in [7, 11) is 0. The van der Waals surface area contributed by atoms with Gasteiger partial charge in [-0.05, 0) is 51.1 Å². The van der Waals surface area contributed by atoms with Crippen LogP contribution in [0.25, 0.3) is 0 Å². The second-order valence-corrected chi connectivity index (χ2v) is 6.52. The van der Waals surface area contributed by atoms with Gasteiger partial charge >= 0.3 is 0 Å². The molecule has 1 saturated carbocycles. The maximum absolute atomic E-state index is 6.17. The largest absolute Gasteiger partial charge is 0.469 e. The molecule has 2 atom stereocenters. The van der Waals surface area contributed by atoms with Crippen LogP contribution in [0.1, 0.15) is 62.8 Å². The molecule has 1 saturated heterocycles. The maximum atomic E-state index is 6.17. The van der Waals surface area contributed by atoms with Crippen molar-refractivity contribution in [3.8, 4) is 0 Å². The predicted octanol–water partition coefficient (Wildman–Crippen LogP) is 3.98. The van der Waals surface area contributed by atoms with E-state index in [2.05, 4.69) is 18.3 Å². The molecule has 1 aromatic rings. The molecule has 3 heteroatoms. The van der Waals surface area contributed by atoms with Crippen LogP contribution in [0.15, 0.2) is 16.7 Å². The lowest BCUT2D eigenvalue weighted by molar-refractivity contribution is -0.0981. The van der Waals surface area contributed by atoms with Crippen molar-refractivity contribution in [3.05, 3.63) is 23.7 Å². The third-order valence-electron chi connectivity index (χ3n) is 5.05. The van der Waals surface area contributed by atoms with E-state index in [1.807, 2.05) is 13.2 Å². The quantitative estimate of drug-likeness (QED) is 0.904. The number of aryl methyl sites for hydroxylation is 1. The van der Waals surface area contributed by atoms with Crippen molar-refractivity contribution in [3.63, 3.8) is 0 Å². The van der Waals surface area contributed by atoms with Crippen LogP contribution in [0.2, 0.25) is 0 Å². The van der Waals surface area contributed by atoms with Crippen LogP contribution in [0.4, 0.5) is 0 Å². The Balaban J connectivity index is 1.76. The first-order valence-corrected chi connectivity index (χ1v) is 8.15. The minimum atomic E-state index is 0.190. The number of ether oxygens (including phenoxy) is 1. The second kappa shape index (κ2) is 5.90. The van der Waals surface area contributed by atoms with Crippen LogP contribution < -0.4 is 5.32 Å². The summed E-state index contributed by atoms with van der Waals surface area (Å²) in [5.41, 5.74) is 1.50. The zero-order valence-electron chi connectivity index (χ0n) is 12.8. The van der Waals surface area contributed by atoms with Gasteiger partial charge in [-0.2, -0.15) is 0 Å². The number of furan rings is 1. The molecular formula is C17H27NO2. The van der Waals surface area contributed by atoms with E-state index in [0.29, 0.717) is 12.0 Å². The Hall–Kier alpha value is -0.800. The van der Waals surface area contributed by atoms with Gasteiger partial charge in [0, 0.05) is 18.2 Å². The average Bonchev–Trinajstić information content (AvgIpc) is 3.06. The molecule has 1 aliphatic carbocycles. The summed E-state index contributed by atoms with van der Waals surface area (Å²) in [6.45, 7) is 6.13. The van der Waals surface area contributed by atoms with Gasteiger partial charge in [-0.25, -0.2) is 0 Å². The molecular weight excluding hydrogens is 250 g/mol. The van der Waals surface area contributed by atoms with Gasteiger partial charge in [0.2, 0.25) is 0 Å². The van der Waals surface area contributed by atoms with Crippen molar-refractivity contribution in [2.45, 2.75) is 64.0 Å². The molecule has 20 heavy (non-hydrogen) atoms. The second-order valence-electron chi connectivity index (χ2n) is 6.52. The summed E-state index contributed by atoms with van der Waals surface area (Å²) >= 11 is 0. The van der Waals surface area contributed by atoms with Gasteiger partial charge in [-0.1, -0.05) is 19.8 Å². The van der Waals surface area contributed by atoms with Gasteiger partial charge in [0.25, 0.3) is 0 Å². The summed E-state index contributed by atoms with van der Waals surface area (Å²) < 4.78 is 11.7. The van der Waals surface area contributed by atoms with Crippen LogP contribution in [0.3, 0.4) is 0 Å². The molecule has 0 bridgehead atoms. The fourth-order valence-corrected chi connectivity index (χ4v) is 4.12. The van der Waals surface area contributed by atoms with Crippen LogP contribution in [-0.2, 0) is 4.74 Å². The van der Waals surface area contributed by atoms with Crippen LogP contribution >= 0.6 is 0 Å². The van der Waals surface area contributed by atoms with E-state index in [-0.39, 0.29) is 5.60 Å². The summed E-state index contributed by atoms with van der Waals surface area (Å²) in [6, 6.07) is 2.60. The molecule has 1 N–H and O–H groups in total. The fourth-order valence-electron chi connectivity index (χ4n) is 4.12. The van der Waals surface area contributed by atoms with Crippen molar-refractivity contribution in [1.82, 2.24) is 5.32 Å². The number of nitrogens with one attached hydrogen (secondary N) is 1. The lowest BCUT2D eigenvalue weighted by Gasteiger charge is -2.41. The minimum Gasteiger partial charge on any atom is -0.469 e. The van der Waals surface area contributed by atoms with E-state index in [0.717, 1.165) is 25.3 Å². The molecule has 1 spiro atoms. The lowest BCUT2D eigenvalue weighted by atomic mass is 9.79. The predicted molar refractivity (Wildman–Crippen MR) is 79.7 cm³/mol. The summed E-state index contributed by atoms with van der Waals surface area (Å²) in [4.78, 5) is 0.